The van der Waals surface area contributed by atoms with Crippen LogP contribution in [0.15, 0.2) is 29.3 Å². The van der Waals surface area contributed by atoms with Gasteiger partial charge in [-0.2, -0.15) is 0 Å². The van der Waals surface area contributed by atoms with E-state index in [0.29, 0.717) is 17.2 Å². The second kappa shape index (κ2) is 6.32. The lowest BCUT2D eigenvalue weighted by molar-refractivity contribution is -0.144. The minimum atomic E-state index is -0.562. The molecule has 0 saturated carbocycles. The Hall–Kier alpha value is -2.50. The standard InChI is InChI=1S/C17H21N3O3/c1-10(2)19-15(22)16(23)20(11(3)4)17(19)18-14-8-6-13(7-9-14)12(5)21/h6-11H,1-5H3. The van der Waals surface area contributed by atoms with Crippen molar-refractivity contribution in [3.05, 3.63) is 29.8 Å². The van der Waals surface area contributed by atoms with Crippen molar-refractivity contribution in [2.45, 2.75) is 46.7 Å². The fourth-order valence-corrected chi connectivity index (χ4v) is 2.43. The van der Waals surface area contributed by atoms with Gasteiger partial charge in [-0.1, -0.05) is 0 Å². The van der Waals surface area contributed by atoms with Crippen LogP contribution in [0.25, 0.3) is 0 Å². The molecule has 0 radical (unpaired) electrons. The number of Topliss-reactive ketones (excluding diaryl/α,β-unsaturated/α-hetero) is 1. The summed E-state index contributed by atoms with van der Waals surface area (Å²) < 4.78 is 0. The molecule has 1 saturated heterocycles. The molecule has 1 aromatic carbocycles. The lowest BCUT2D eigenvalue weighted by atomic mass is 10.1. The first-order valence-electron chi connectivity index (χ1n) is 7.60. The zero-order valence-corrected chi connectivity index (χ0v) is 14.0. The third-order valence-electron chi connectivity index (χ3n) is 3.59. The molecule has 2 rings (SSSR count). The molecule has 1 aromatic rings. The predicted molar refractivity (Wildman–Crippen MR) is 87.5 cm³/mol. The highest BCUT2D eigenvalue weighted by Gasteiger charge is 2.45. The Labute approximate surface area is 135 Å². The molecule has 23 heavy (non-hydrogen) atoms. The van der Waals surface area contributed by atoms with Gasteiger partial charge in [-0.05, 0) is 58.9 Å². The second-order valence-electron chi connectivity index (χ2n) is 6.05. The van der Waals surface area contributed by atoms with Crippen molar-refractivity contribution in [2.75, 3.05) is 0 Å². The van der Waals surface area contributed by atoms with Crippen molar-refractivity contribution >= 4 is 29.2 Å². The van der Waals surface area contributed by atoms with Crippen molar-refractivity contribution in [1.82, 2.24) is 9.80 Å². The zero-order valence-electron chi connectivity index (χ0n) is 14.0. The average molecular weight is 315 g/mol. The average Bonchev–Trinajstić information content (AvgIpc) is 2.71. The van der Waals surface area contributed by atoms with Gasteiger partial charge in [0.05, 0.1) is 5.69 Å². The molecule has 0 N–H and O–H groups in total. The second-order valence-corrected chi connectivity index (χ2v) is 6.05. The zero-order chi connectivity index (χ0) is 17.3. The largest absolute Gasteiger partial charge is 0.319 e. The SMILES string of the molecule is CC(=O)c1ccc(N=C2N(C(C)C)C(=O)C(=O)N2C(C)C)cc1. The van der Waals surface area contributed by atoms with Crippen molar-refractivity contribution in [3.63, 3.8) is 0 Å². The number of ketones is 1. The Kier molecular flexibility index (Phi) is 4.63. The first-order chi connectivity index (χ1) is 10.7. The summed E-state index contributed by atoms with van der Waals surface area (Å²) >= 11 is 0. The number of carbonyl (C=O) groups excluding carboxylic acids is 3. The van der Waals surface area contributed by atoms with Crippen LogP contribution in [0.1, 0.15) is 45.0 Å². The Morgan fingerprint density at radius 2 is 1.35 bits per heavy atom. The summed E-state index contributed by atoms with van der Waals surface area (Å²) in [6, 6.07) is 6.41. The molecule has 0 atom stereocenters. The topological polar surface area (TPSA) is 70.0 Å². The monoisotopic (exact) mass is 315 g/mol. The van der Waals surface area contributed by atoms with Gasteiger partial charge in [0.25, 0.3) is 0 Å². The summed E-state index contributed by atoms with van der Waals surface area (Å²) in [5.41, 5.74) is 1.18. The number of carbonyl (C=O) groups is 3. The van der Waals surface area contributed by atoms with Gasteiger partial charge in [0, 0.05) is 17.6 Å². The molecule has 6 nitrogen and oxygen atoms in total. The van der Waals surface area contributed by atoms with E-state index in [0.717, 1.165) is 0 Å². The summed E-state index contributed by atoms with van der Waals surface area (Å²) in [6.07, 6.45) is 0. The van der Waals surface area contributed by atoms with E-state index in [4.69, 9.17) is 0 Å². The van der Waals surface area contributed by atoms with Crippen molar-refractivity contribution in [3.8, 4) is 0 Å². The quantitative estimate of drug-likeness (QED) is 0.632. The Bertz CT molecular complexity index is 647. The van der Waals surface area contributed by atoms with Gasteiger partial charge < -0.3 is 0 Å². The molecular weight excluding hydrogens is 294 g/mol. The van der Waals surface area contributed by atoms with E-state index in [2.05, 4.69) is 4.99 Å². The summed E-state index contributed by atoms with van der Waals surface area (Å²) in [5.74, 6) is -0.816. The molecule has 6 heteroatoms. The molecule has 2 amide bonds. The summed E-state index contributed by atoms with van der Waals surface area (Å²) in [6.45, 7) is 8.84. The van der Waals surface area contributed by atoms with E-state index in [-0.39, 0.29) is 17.9 Å². The van der Waals surface area contributed by atoms with E-state index >= 15 is 0 Å². The number of hydrogen-bond donors (Lipinski definition) is 0. The highest BCUT2D eigenvalue weighted by atomic mass is 16.2. The minimum Gasteiger partial charge on any atom is -0.295 e. The molecule has 0 aliphatic carbocycles. The van der Waals surface area contributed by atoms with Crippen LogP contribution in [0, 0.1) is 0 Å². The van der Waals surface area contributed by atoms with Crippen molar-refractivity contribution in [2.24, 2.45) is 4.99 Å². The van der Waals surface area contributed by atoms with Crippen LogP contribution in [-0.2, 0) is 9.59 Å². The van der Waals surface area contributed by atoms with Crippen molar-refractivity contribution < 1.29 is 14.4 Å². The van der Waals surface area contributed by atoms with E-state index < -0.39 is 11.8 Å². The molecule has 1 fully saturated rings. The van der Waals surface area contributed by atoms with Gasteiger partial charge in [-0.3, -0.25) is 24.2 Å². The lowest BCUT2D eigenvalue weighted by Gasteiger charge is -2.25. The van der Waals surface area contributed by atoms with E-state index in [1.807, 2.05) is 27.7 Å². The van der Waals surface area contributed by atoms with Crippen LogP contribution in [-0.4, -0.2) is 45.4 Å². The summed E-state index contributed by atoms with van der Waals surface area (Å²) in [7, 11) is 0. The minimum absolute atomic E-state index is 0.0250. The predicted octanol–water partition coefficient (Wildman–Crippen LogP) is 2.36. The Morgan fingerprint density at radius 3 is 1.70 bits per heavy atom. The number of nitrogens with zero attached hydrogens (tertiary/aromatic N) is 3. The van der Waals surface area contributed by atoms with Crippen LogP contribution < -0.4 is 0 Å². The highest BCUT2D eigenvalue weighted by molar-refractivity contribution is 6.45. The van der Waals surface area contributed by atoms with E-state index in [1.54, 1.807) is 24.3 Å². The van der Waals surface area contributed by atoms with Crippen molar-refractivity contribution in [1.29, 1.82) is 0 Å². The van der Waals surface area contributed by atoms with E-state index in [1.165, 1.54) is 16.7 Å². The number of benzene rings is 1. The maximum atomic E-state index is 12.2. The molecule has 0 unspecified atom stereocenters. The van der Waals surface area contributed by atoms with Gasteiger partial charge in [-0.15, -0.1) is 0 Å². The first-order valence-corrected chi connectivity index (χ1v) is 7.60. The lowest BCUT2D eigenvalue weighted by Crippen LogP contribution is -2.41. The van der Waals surface area contributed by atoms with Gasteiger partial charge in [0.2, 0.25) is 5.96 Å². The number of aliphatic imine (C=N–C) groups is 1. The highest BCUT2D eigenvalue weighted by Crippen LogP contribution is 2.22. The molecule has 0 bridgehead atoms. The smallest absolute Gasteiger partial charge is 0.295 e. The van der Waals surface area contributed by atoms with Crippen LogP contribution in [0.5, 0.6) is 0 Å². The Morgan fingerprint density at radius 1 is 0.913 bits per heavy atom. The Balaban J connectivity index is 2.48. The maximum Gasteiger partial charge on any atom is 0.319 e. The molecule has 1 aliphatic heterocycles. The molecular formula is C17H21N3O3. The van der Waals surface area contributed by atoms with Crippen LogP contribution in [0.4, 0.5) is 5.69 Å². The summed E-state index contributed by atoms with van der Waals surface area (Å²) in [4.78, 5) is 43.0. The van der Waals surface area contributed by atoms with E-state index in [9.17, 15) is 14.4 Å². The fourth-order valence-electron chi connectivity index (χ4n) is 2.43. The number of guanidine groups is 1. The van der Waals surface area contributed by atoms with Crippen LogP contribution in [0.2, 0.25) is 0 Å². The fraction of sp³-hybridized carbons (Fsp3) is 0.412. The molecule has 0 spiro atoms. The number of rotatable bonds is 4. The molecule has 0 aromatic heterocycles. The van der Waals surface area contributed by atoms with Gasteiger partial charge in [0.1, 0.15) is 0 Å². The van der Waals surface area contributed by atoms with Crippen LogP contribution >= 0.6 is 0 Å². The molecule has 1 aliphatic rings. The third kappa shape index (κ3) is 3.16. The van der Waals surface area contributed by atoms with Crippen LogP contribution in [0.3, 0.4) is 0 Å². The maximum absolute atomic E-state index is 12.2. The number of hydrogen-bond acceptors (Lipinski definition) is 4. The third-order valence-corrected chi connectivity index (χ3v) is 3.59. The van der Waals surface area contributed by atoms with Gasteiger partial charge in [0.15, 0.2) is 5.78 Å². The summed E-state index contributed by atoms with van der Waals surface area (Å²) in [5, 5.41) is 0. The molecule has 1 heterocycles. The van der Waals surface area contributed by atoms with Gasteiger partial charge >= 0.3 is 11.8 Å². The number of amides is 2. The molecule has 122 valence electrons. The normalized spacial score (nSPS) is 15.2. The first kappa shape index (κ1) is 16.9. The van der Waals surface area contributed by atoms with Gasteiger partial charge in [-0.25, -0.2) is 4.99 Å².